The van der Waals surface area contributed by atoms with E-state index >= 15 is 0 Å². The van der Waals surface area contributed by atoms with Gasteiger partial charge < -0.3 is 17.0 Å². The smallest absolute Gasteiger partial charge is 0.171 e. The van der Waals surface area contributed by atoms with E-state index in [1.165, 1.54) is 24.0 Å². The van der Waals surface area contributed by atoms with Crippen molar-refractivity contribution in [1.82, 2.24) is 4.98 Å². The molecule has 0 saturated carbocycles. The summed E-state index contributed by atoms with van der Waals surface area (Å²) in [7, 11) is 0. The lowest BCUT2D eigenvalue weighted by molar-refractivity contribution is -0.697. The van der Waals surface area contributed by atoms with E-state index in [1.807, 2.05) is 25.3 Å². The number of aromatic nitrogens is 2. The summed E-state index contributed by atoms with van der Waals surface area (Å²) in [5, 5.41) is 1.13. The lowest BCUT2D eigenvalue weighted by Gasteiger charge is -1.92. The molecule has 0 atom stereocenters. The number of hydrogen-bond acceptors (Lipinski definition) is 1. The van der Waals surface area contributed by atoms with Gasteiger partial charge in [-0.15, -0.1) is 0 Å². The standard InChI is InChI=1S/C9H14N.C6H7N.C3H7Br.BrH/c1-3-6-10-7-4-5-9(2)8-10;1-6-3-2-4-7-5-6;1-2-3-4;/h4-5,7-8H,3,6H2,1-2H3;2-5H,1H3;2-3H2,1H3;1H/q+1;;;/p-1. The molecule has 2 rings (SSSR count). The number of rotatable bonds is 3. The second-order valence-corrected chi connectivity index (χ2v) is 5.63. The second kappa shape index (κ2) is 16.6. The van der Waals surface area contributed by atoms with E-state index in [0.29, 0.717) is 0 Å². The summed E-state index contributed by atoms with van der Waals surface area (Å²) >= 11 is 3.25. The van der Waals surface area contributed by atoms with Gasteiger partial charge >= 0.3 is 0 Å². The number of aryl methyl sites for hydroxylation is 3. The lowest BCUT2D eigenvalue weighted by Crippen LogP contribution is -3.00. The molecular formula is C18H28Br2N2. The normalized spacial score (nSPS) is 8.59. The molecule has 0 saturated heterocycles. The maximum atomic E-state index is 3.88. The Bertz CT molecular complexity index is 460. The molecule has 0 amide bonds. The fourth-order valence-corrected chi connectivity index (χ4v) is 1.50. The Hall–Kier alpha value is -0.740. The third-order valence-electron chi connectivity index (χ3n) is 2.49. The molecule has 0 aliphatic heterocycles. The second-order valence-electron chi connectivity index (χ2n) is 4.84. The van der Waals surface area contributed by atoms with Gasteiger partial charge in [-0.1, -0.05) is 35.8 Å². The molecule has 0 N–H and O–H groups in total. The average molecular weight is 432 g/mol. The molecule has 0 unspecified atom stereocenters. The van der Waals surface area contributed by atoms with Gasteiger partial charge in [0.1, 0.15) is 6.54 Å². The summed E-state index contributed by atoms with van der Waals surface area (Å²) in [5.74, 6) is 0. The quantitative estimate of drug-likeness (QED) is 0.535. The summed E-state index contributed by atoms with van der Waals surface area (Å²) in [4.78, 5) is 3.88. The van der Waals surface area contributed by atoms with Gasteiger partial charge in [0.2, 0.25) is 0 Å². The van der Waals surface area contributed by atoms with Crippen LogP contribution in [-0.2, 0) is 6.54 Å². The van der Waals surface area contributed by atoms with Crippen LogP contribution in [0, 0.1) is 13.8 Å². The van der Waals surface area contributed by atoms with E-state index in [2.05, 4.69) is 70.8 Å². The van der Waals surface area contributed by atoms with Crippen molar-refractivity contribution in [3.05, 3.63) is 60.2 Å². The summed E-state index contributed by atoms with van der Waals surface area (Å²) in [6, 6.07) is 8.15. The molecule has 2 aromatic rings. The monoisotopic (exact) mass is 430 g/mol. The van der Waals surface area contributed by atoms with Crippen molar-refractivity contribution in [1.29, 1.82) is 0 Å². The largest absolute Gasteiger partial charge is 1.00 e. The molecule has 4 heteroatoms. The molecule has 0 bridgehead atoms. The van der Waals surface area contributed by atoms with E-state index in [1.54, 1.807) is 6.20 Å². The molecule has 0 radical (unpaired) electrons. The highest BCUT2D eigenvalue weighted by Crippen LogP contribution is 1.89. The predicted octanol–water partition coefficient (Wildman–Crippen LogP) is 1.88. The molecule has 0 aromatic carbocycles. The van der Waals surface area contributed by atoms with Crippen LogP contribution in [-0.4, -0.2) is 10.3 Å². The van der Waals surface area contributed by atoms with Gasteiger partial charge in [-0.05, 0) is 38.0 Å². The van der Waals surface area contributed by atoms with Crippen LogP contribution in [0.2, 0.25) is 0 Å². The predicted molar refractivity (Wildman–Crippen MR) is 94.7 cm³/mol. The maximum absolute atomic E-state index is 3.88. The SMILES string of the molecule is CCCBr.CCC[n+]1cccc(C)c1.Cc1cccnc1.[Br-]. The fraction of sp³-hybridized carbons (Fsp3) is 0.444. The molecule has 2 nitrogen and oxygen atoms in total. The fourth-order valence-electron chi connectivity index (χ4n) is 1.50. The molecule has 22 heavy (non-hydrogen) atoms. The molecule has 0 aliphatic carbocycles. The van der Waals surface area contributed by atoms with E-state index in [0.717, 1.165) is 11.9 Å². The number of alkyl halides is 1. The zero-order valence-electron chi connectivity index (χ0n) is 14.1. The Morgan fingerprint density at radius 2 is 1.68 bits per heavy atom. The van der Waals surface area contributed by atoms with Gasteiger partial charge in [0.05, 0.1) is 0 Å². The third-order valence-corrected chi connectivity index (χ3v) is 3.28. The highest BCUT2D eigenvalue weighted by molar-refractivity contribution is 9.09. The van der Waals surface area contributed by atoms with Gasteiger partial charge in [0.25, 0.3) is 0 Å². The average Bonchev–Trinajstić information content (AvgIpc) is 2.49. The first kappa shape index (κ1) is 23.5. The maximum Gasteiger partial charge on any atom is 0.171 e. The van der Waals surface area contributed by atoms with Crippen LogP contribution in [0.4, 0.5) is 0 Å². The zero-order valence-corrected chi connectivity index (χ0v) is 17.3. The molecular weight excluding hydrogens is 404 g/mol. The highest BCUT2D eigenvalue weighted by atomic mass is 79.9. The zero-order chi connectivity index (χ0) is 15.9. The number of hydrogen-bond donors (Lipinski definition) is 0. The highest BCUT2D eigenvalue weighted by Gasteiger charge is 1.95. The van der Waals surface area contributed by atoms with Crippen LogP contribution in [0.5, 0.6) is 0 Å². The van der Waals surface area contributed by atoms with E-state index in [4.69, 9.17) is 0 Å². The van der Waals surface area contributed by atoms with Crippen LogP contribution < -0.4 is 21.5 Å². The molecule has 2 aromatic heterocycles. The van der Waals surface area contributed by atoms with Gasteiger partial charge in [-0.3, -0.25) is 4.98 Å². The number of pyridine rings is 2. The van der Waals surface area contributed by atoms with Gasteiger partial charge in [0, 0.05) is 35.8 Å². The van der Waals surface area contributed by atoms with Crippen molar-refractivity contribution in [3.63, 3.8) is 0 Å². The Morgan fingerprint density at radius 3 is 2.05 bits per heavy atom. The third kappa shape index (κ3) is 14.2. The van der Waals surface area contributed by atoms with Crippen LogP contribution in [0.1, 0.15) is 37.8 Å². The van der Waals surface area contributed by atoms with E-state index in [-0.39, 0.29) is 17.0 Å². The van der Waals surface area contributed by atoms with Gasteiger partial charge in [-0.2, -0.15) is 0 Å². The number of halogens is 2. The van der Waals surface area contributed by atoms with Crippen molar-refractivity contribution in [2.24, 2.45) is 0 Å². The van der Waals surface area contributed by atoms with Gasteiger partial charge in [0.15, 0.2) is 12.4 Å². The summed E-state index contributed by atoms with van der Waals surface area (Å²) < 4.78 is 2.22. The van der Waals surface area contributed by atoms with Crippen LogP contribution >= 0.6 is 15.9 Å². The summed E-state index contributed by atoms with van der Waals surface area (Å²) in [6.07, 6.45) is 10.3. The van der Waals surface area contributed by atoms with Crippen LogP contribution in [0.15, 0.2) is 49.1 Å². The van der Waals surface area contributed by atoms with Gasteiger partial charge in [-0.25, -0.2) is 4.57 Å². The minimum Gasteiger partial charge on any atom is -1.00 e. The minimum atomic E-state index is 0. The van der Waals surface area contributed by atoms with Crippen LogP contribution in [0.3, 0.4) is 0 Å². The topological polar surface area (TPSA) is 16.8 Å². The van der Waals surface area contributed by atoms with Crippen molar-refractivity contribution in [2.45, 2.75) is 47.1 Å². The van der Waals surface area contributed by atoms with Crippen LogP contribution in [0.25, 0.3) is 0 Å². The molecule has 2 heterocycles. The van der Waals surface area contributed by atoms with Crippen molar-refractivity contribution < 1.29 is 21.5 Å². The van der Waals surface area contributed by atoms with Crippen molar-refractivity contribution >= 4 is 15.9 Å². The van der Waals surface area contributed by atoms with Crippen molar-refractivity contribution in [3.8, 4) is 0 Å². The molecule has 0 spiro atoms. The van der Waals surface area contributed by atoms with Crippen molar-refractivity contribution in [2.75, 3.05) is 5.33 Å². The first-order valence-corrected chi connectivity index (χ1v) is 8.64. The first-order chi connectivity index (χ1) is 10.1. The molecule has 0 aliphatic rings. The summed E-state index contributed by atoms with van der Waals surface area (Å²) in [6.45, 7) is 9.59. The first-order valence-electron chi connectivity index (χ1n) is 7.52. The van der Waals surface area contributed by atoms with E-state index in [9.17, 15) is 0 Å². The Labute approximate surface area is 154 Å². The number of nitrogens with zero attached hydrogens (tertiary/aromatic N) is 2. The lowest BCUT2D eigenvalue weighted by atomic mass is 10.3. The Morgan fingerprint density at radius 1 is 1.05 bits per heavy atom. The molecule has 124 valence electrons. The summed E-state index contributed by atoms with van der Waals surface area (Å²) in [5.41, 5.74) is 2.54. The Kier molecular flexibility index (Phi) is 17.8. The molecule has 0 fully saturated rings. The Balaban J connectivity index is 0. The van der Waals surface area contributed by atoms with E-state index < -0.39 is 0 Å². The minimum absolute atomic E-state index is 0.